The molecule has 1 saturated heterocycles. The molecule has 3 amide bonds. The van der Waals surface area contributed by atoms with Gasteiger partial charge in [-0.15, -0.1) is 0 Å². The zero-order valence-corrected chi connectivity index (χ0v) is 16.1. The van der Waals surface area contributed by atoms with Gasteiger partial charge in [0.2, 0.25) is 11.8 Å². The fourth-order valence-electron chi connectivity index (χ4n) is 3.09. The minimum atomic E-state index is -0.445. The molecule has 0 aromatic heterocycles. The maximum atomic E-state index is 13.3. The number of hydrogen-bond donors (Lipinski definition) is 1. The topological polar surface area (TPSA) is 69.7 Å². The Morgan fingerprint density at radius 1 is 0.966 bits per heavy atom. The third kappa shape index (κ3) is 5.51. The molecule has 1 N–H and O–H groups in total. The molecule has 1 heterocycles. The number of hydrogen-bond acceptors (Lipinski definition) is 3. The van der Waals surface area contributed by atoms with Crippen molar-refractivity contribution in [1.29, 1.82) is 0 Å². The maximum absolute atomic E-state index is 13.3. The van der Waals surface area contributed by atoms with Crippen LogP contribution in [0.1, 0.15) is 22.8 Å². The smallest absolute Gasteiger partial charge is 0.254 e. The number of carbonyl (C=O) groups is 3. The van der Waals surface area contributed by atoms with Crippen LogP contribution in [0.15, 0.2) is 54.6 Å². The normalized spacial score (nSPS) is 14.1. The van der Waals surface area contributed by atoms with Crippen LogP contribution >= 0.6 is 0 Å². The molecule has 0 radical (unpaired) electrons. The molecule has 1 fully saturated rings. The van der Waals surface area contributed by atoms with Crippen molar-refractivity contribution in [2.24, 2.45) is 0 Å². The van der Waals surface area contributed by atoms with E-state index in [-0.39, 0.29) is 17.7 Å². The third-order valence-corrected chi connectivity index (χ3v) is 4.60. The van der Waals surface area contributed by atoms with E-state index in [4.69, 9.17) is 0 Å². The van der Waals surface area contributed by atoms with Crippen molar-refractivity contribution < 1.29 is 18.8 Å². The molecule has 0 bridgehead atoms. The number of carbonyl (C=O) groups excluding carboxylic acids is 3. The Morgan fingerprint density at radius 2 is 1.62 bits per heavy atom. The second-order valence-electron chi connectivity index (χ2n) is 6.76. The largest absolute Gasteiger partial charge is 0.336 e. The van der Waals surface area contributed by atoms with Gasteiger partial charge in [-0.05, 0) is 42.0 Å². The Kier molecular flexibility index (Phi) is 6.39. The van der Waals surface area contributed by atoms with Crippen molar-refractivity contribution in [3.8, 4) is 0 Å². The van der Waals surface area contributed by atoms with Crippen LogP contribution in [0.4, 0.5) is 10.1 Å². The van der Waals surface area contributed by atoms with Crippen LogP contribution in [0, 0.1) is 5.82 Å². The van der Waals surface area contributed by atoms with E-state index >= 15 is 0 Å². The van der Waals surface area contributed by atoms with E-state index < -0.39 is 5.82 Å². The first-order valence-corrected chi connectivity index (χ1v) is 9.32. The summed E-state index contributed by atoms with van der Waals surface area (Å²) >= 11 is 0. The number of piperazine rings is 1. The molecule has 0 unspecified atom stereocenters. The summed E-state index contributed by atoms with van der Waals surface area (Å²) in [6.07, 6.45) is 3.21. The molecular formula is C22H22FN3O3. The first-order valence-electron chi connectivity index (χ1n) is 9.32. The van der Waals surface area contributed by atoms with Gasteiger partial charge in [0.25, 0.3) is 5.91 Å². The van der Waals surface area contributed by atoms with Gasteiger partial charge in [-0.25, -0.2) is 4.39 Å². The van der Waals surface area contributed by atoms with Crippen molar-refractivity contribution in [2.75, 3.05) is 31.5 Å². The summed E-state index contributed by atoms with van der Waals surface area (Å²) in [6.45, 7) is 3.09. The van der Waals surface area contributed by atoms with Crippen molar-refractivity contribution in [2.45, 2.75) is 6.92 Å². The zero-order chi connectivity index (χ0) is 20.8. The summed E-state index contributed by atoms with van der Waals surface area (Å²) in [5.41, 5.74) is 1.85. The molecule has 0 spiro atoms. The number of halogens is 1. The lowest BCUT2D eigenvalue weighted by atomic mass is 10.1. The molecule has 1 aliphatic heterocycles. The van der Waals surface area contributed by atoms with Gasteiger partial charge < -0.3 is 15.1 Å². The number of nitrogens with one attached hydrogen (secondary N) is 1. The predicted molar refractivity (Wildman–Crippen MR) is 109 cm³/mol. The highest BCUT2D eigenvalue weighted by Gasteiger charge is 2.24. The first kappa shape index (κ1) is 20.3. The molecule has 2 aromatic carbocycles. The van der Waals surface area contributed by atoms with Gasteiger partial charge in [-0.1, -0.05) is 18.2 Å². The van der Waals surface area contributed by atoms with Crippen LogP contribution in [-0.4, -0.2) is 53.7 Å². The summed E-state index contributed by atoms with van der Waals surface area (Å²) in [7, 11) is 0. The van der Waals surface area contributed by atoms with Crippen LogP contribution < -0.4 is 5.32 Å². The number of amides is 3. The molecule has 1 aliphatic rings. The maximum Gasteiger partial charge on any atom is 0.254 e. The Hall–Kier alpha value is -3.48. The molecule has 0 atom stereocenters. The Bertz CT molecular complexity index is 933. The van der Waals surface area contributed by atoms with Crippen molar-refractivity contribution in [3.63, 3.8) is 0 Å². The highest BCUT2D eigenvalue weighted by Crippen LogP contribution is 2.13. The van der Waals surface area contributed by atoms with Crippen LogP contribution in [0.2, 0.25) is 0 Å². The second-order valence-corrected chi connectivity index (χ2v) is 6.76. The molecule has 6 nitrogen and oxygen atoms in total. The van der Waals surface area contributed by atoms with Crippen LogP contribution in [0.25, 0.3) is 6.08 Å². The molecule has 0 aliphatic carbocycles. The van der Waals surface area contributed by atoms with Gasteiger partial charge in [0.1, 0.15) is 5.82 Å². The number of nitrogens with zero attached hydrogens (tertiary/aromatic N) is 2. The average molecular weight is 395 g/mol. The van der Waals surface area contributed by atoms with Gasteiger partial charge in [0.15, 0.2) is 0 Å². The highest BCUT2D eigenvalue weighted by molar-refractivity contribution is 5.95. The first-order chi connectivity index (χ1) is 13.9. The van der Waals surface area contributed by atoms with E-state index in [1.54, 1.807) is 34.1 Å². The molecule has 150 valence electrons. The lowest BCUT2D eigenvalue weighted by Crippen LogP contribution is -2.50. The molecule has 3 rings (SSSR count). The zero-order valence-electron chi connectivity index (χ0n) is 16.1. The quantitative estimate of drug-likeness (QED) is 0.810. The lowest BCUT2D eigenvalue weighted by Gasteiger charge is -2.34. The number of rotatable bonds is 4. The fourth-order valence-corrected chi connectivity index (χ4v) is 3.09. The number of anilines is 1. The fraction of sp³-hybridized carbons (Fsp3) is 0.227. The lowest BCUT2D eigenvalue weighted by molar-refractivity contribution is -0.127. The van der Waals surface area contributed by atoms with Crippen LogP contribution in [0.5, 0.6) is 0 Å². The van der Waals surface area contributed by atoms with Crippen LogP contribution in [-0.2, 0) is 9.59 Å². The van der Waals surface area contributed by atoms with Crippen molar-refractivity contribution in [1.82, 2.24) is 9.80 Å². The molecular weight excluding hydrogens is 373 g/mol. The van der Waals surface area contributed by atoms with E-state index in [0.29, 0.717) is 37.4 Å². The summed E-state index contributed by atoms with van der Waals surface area (Å²) in [4.78, 5) is 39.2. The highest BCUT2D eigenvalue weighted by atomic mass is 19.1. The molecule has 2 aromatic rings. The van der Waals surface area contributed by atoms with E-state index in [2.05, 4.69) is 5.32 Å². The molecule has 29 heavy (non-hydrogen) atoms. The van der Waals surface area contributed by atoms with Crippen LogP contribution in [0.3, 0.4) is 0 Å². The van der Waals surface area contributed by atoms with Gasteiger partial charge in [-0.2, -0.15) is 0 Å². The second kappa shape index (κ2) is 9.14. The third-order valence-electron chi connectivity index (χ3n) is 4.60. The Balaban J connectivity index is 1.52. The van der Waals surface area contributed by atoms with Gasteiger partial charge >= 0.3 is 0 Å². The Morgan fingerprint density at radius 3 is 2.24 bits per heavy atom. The van der Waals surface area contributed by atoms with Crippen molar-refractivity contribution >= 4 is 29.5 Å². The van der Waals surface area contributed by atoms with E-state index in [0.717, 1.165) is 5.56 Å². The summed E-state index contributed by atoms with van der Waals surface area (Å²) in [6, 6.07) is 12.8. The van der Waals surface area contributed by atoms with Gasteiger partial charge in [-0.3, -0.25) is 14.4 Å². The predicted octanol–water partition coefficient (Wildman–Crippen LogP) is 2.78. The van der Waals surface area contributed by atoms with E-state index in [1.807, 2.05) is 12.1 Å². The minimum Gasteiger partial charge on any atom is -0.336 e. The van der Waals surface area contributed by atoms with Gasteiger partial charge in [0, 0.05) is 50.4 Å². The van der Waals surface area contributed by atoms with Gasteiger partial charge in [0.05, 0.1) is 0 Å². The SMILES string of the molecule is CC(=O)Nc1ccc(/C=C/C(=O)N2CCN(C(=O)c3cccc(F)c3)CC2)cc1. The minimum absolute atomic E-state index is 0.131. The molecule has 0 saturated carbocycles. The van der Waals surface area contributed by atoms with E-state index in [9.17, 15) is 18.8 Å². The van der Waals surface area contributed by atoms with Crippen molar-refractivity contribution in [3.05, 3.63) is 71.6 Å². The average Bonchev–Trinajstić information content (AvgIpc) is 2.72. The summed E-state index contributed by atoms with van der Waals surface area (Å²) in [5.74, 6) is -0.946. The molecule has 7 heteroatoms. The summed E-state index contributed by atoms with van der Waals surface area (Å²) < 4.78 is 13.3. The monoisotopic (exact) mass is 395 g/mol. The standard InChI is InChI=1S/C22H22FN3O3/c1-16(27)24-20-8-5-17(6-9-20)7-10-21(28)25-11-13-26(14-12-25)22(29)18-3-2-4-19(23)15-18/h2-10,15H,11-14H2,1H3,(H,24,27)/b10-7+. The van der Waals surface area contributed by atoms with E-state index in [1.165, 1.54) is 31.2 Å². The summed E-state index contributed by atoms with van der Waals surface area (Å²) in [5, 5.41) is 2.69. The Labute approximate surface area is 168 Å². The number of benzene rings is 2.